The summed E-state index contributed by atoms with van der Waals surface area (Å²) in [4.78, 5) is 26.8. The van der Waals surface area contributed by atoms with Crippen molar-refractivity contribution in [3.05, 3.63) is 29.8 Å². The first kappa shape index (κ1) is 20.5. The summed E-state index contributed by atoms with van der Waals surface area (Å²) in [5.41, 5.74) is 2.10. The molecule has 0 radical (unpaired) electrons. The maximum absolute atomic E-state index is 12.5. The Hall–Kier alpha value is -1.24. The summed E-state index contributed by atoms with van der Waals surface area (Å²) in [7, 11) is 0. The van der Waals surface area contributed by atoms with Crippen LogP contribution in [0.15, 0.2) is 24.3 Å². The topological polar surface area (TPSA) is 61.4 Å². The van der Waals surface area contributed by atoms with Crippen LogP contribution in [-0.2, 0) is 16.0 Å². The molecule has 7 heteroatoms. The van der Waals surface area contributed by atoms with E-state index in [1.54, 1.807) is 0 Å². The van der Waals surface area contributed by atoms with E-state index in [0.717, 1.165) is 68.2 Å². The normalized spacial score (nSPS) is 23.4. The molecule has 4 rings (SSSR count). The third-order valence-corrected chi connectivity index (χ3v) is 6.99. The van der Waals surface area contributed by atoms with Crippen LogP contribution in [0.4, 0.5) is 5.69 Å². The molecule has 1 aliphatic carbocycles. The number of rotatable bonds is 4. The standard InChI is InChI=1S/C20H27N3O2S.ClH/c24-18(23-9-11-26-12-10-23)13-15-1-3-16(4-2-15)22-19(25)17-14-20(17)5-7-21-8-6-20;/h1-4,17,21H,5-14H2,(H,22,25);1H. The highest BCUT2D eigenvalue weighted by molar-refractivity contribution is 7.99. The molecule has 1 spiro atoms. The van der Waals surface area contributed by atoms with Crippen molar-refractivity contribution < 1.29 is 9.59 Å². The van der Waals surface area contributed by atoms with E-state index in [0.29, 0.717) is 6.42 Å². The number of nitrogens with zero attached hydrogens (tertiary/aromatic N) is 1. The fourth-order valence-corrected chi connectivity index (χ4v) is 5.13. The Bertz CT molecular complexity index is 670. The monoisotopic (exact) mass is 409 g/mol. The third-order valence-electron chi connectivity index (χ3n) is 6.05. The van der Waals surface area contributed by atoms with Gasteiger partial charge in [-0.15, -0.1) is 12.4 Å². The lowest BCUT2D eigenvalue weighted by molar-refractivity contribution is -0.130. The number of carbonyl (C=O) groups excluding carboxylic acids is 2. The molecule has 0 aromatic heterocycles. The first-order valence-corrected chi connectivity index (χ1v) is 10.8. The van der Waals surface area contributed by atoms with Crippen molar-refractivity contribution in [2.45, 2.75) is 25.7 Å². The number of benzene rings is 1. The van der Waals surface area contributed by atoms with Crippen LogP contribution in [0.1, 0.15) is 24.8 Å². The lowest BCUT2D eigenvalue weighted by Gasteiger charge is -2.26. The van der Waals surface area contributed by atoms with Crippen LogP contribution in [0, 0.1) is 11.3 Å². The van der Waals surface area contributed by atoms with Gasteiger partial charge in [-0.25, -0.2) is 0 Å². The molecular formula is C20H28ClN3O2S. The van der Waals surface area contributed by atoms with Crippen LogP contribution < -0.4 is 10.6 Å². The van der Waals surface area contributed by atoms with Crippen LogP contribution in [0.2, 0.25) is 0 Å². The molecule has 1 aromatic carbocycles. The van der Waals surface area contributed by atoms with E-state index >= 15 is 0 Å². The van der Waals surface area contributed by atoms with Gasteiger partial charge < -0.3 is 15.5 Å². The van der Waals surface area contributed by atoms with Gasteiger partial charge in [-0.1, -0.05) is 12.1 Å². The number of anilines is 1. The average Bonchev–Trinajstić information content (AvgIpc) is 3.37. The van der Waals surface area contributed by atoms with Gasteiger partial charge in [0.05, 0.1) is 6.42 Å². The minimum absolute atomic E-state index is 0. The van der Waals surface area contributed by atoms with Crippen molar-refractivity contribution in [2.75, 3.05) is 43.0 Å². The second-order valence-electron chi connectivity index (χ2n) is 7.73. The van der Waals surface area contributed by atoms with E-state index in [4.69, 9.17) is 0 Å². The van der Waals surface area contributed by atoms with Crippen LogP contribution in [0.25, 0.3) is 0 Å². The summed E-state index contributed by atoms with van der Waals surface area (Å²) < 4.78 is 0. The zero-order chi connectivity index (χ0) is 18.0. The molecule has 3 aliphatic rings. The predicted molar refractivity (Wildman–Crippen MR) is 113 cm³/mol. The van der Waals surface area contributed by atoms with Gasteiger partial charge in [0, 0.05) is 36.2 Å². The third kappa shape index (κ3) is 4.79. The lowest BCUT2D eigenvalue weighted by Crippen LogP contribution is -2.38. The van der Waals surface area contributed by atoms with Crippen LogP contribution in [0.5, 0.6) is 0 Å². The maximum Gasteiger partial charge on any atom is 0.228 e. The van der Waals surface area contributed by atoms with E-state index in [2.05, 4.69) is 10.6 Å². The Morgan fingerprint density at radius 2 is 1.81 bits per heavy atom. The van der Waals surface area contributed by atoms with Gasteiger partial charge >= 0.3 is 0 Å². The SMILES string of the molecule is Cl.O=C(Nc1ccc(CC(=O)N2CCSCC2)cc1)C1CC12CCNCC2. The molecule has 2 amide bonds. The van der Waals surface area contributed by atoms with Gasteiger partial charge in [0.1, 0.15) is 0 Å². The van der Waals surface area contributed by atoms with Gasteiger partial charge in [0.2, 0.25) is 11.8 Å². The molecule has 148 valence electrons. The molecule has 27 heavy (non-hydrogen) atoms. The van der Waals surface area contributed by atoms with Gasteiger partial charge in [0.25, 0.3) is 0 Å². The molecule has 2 saturated heterocycles. The number of halogens is 1. The summed E-state index contributed by atoms with van der Waals surface area (Å²) in [6.07, 6.45) is 3.70. The molecule has 2 heterocycles. The van der Waals surface area contributed by atoms with E-state index in [9.17, 15) is 9.59 Å². The largest absolute Gasteiger partial charge is 0.341 e. The Balaban J connectivity index is 0.00000210. The van der Waals surface area contributed by atoms with Gasteiger partial charge in [-0.3, -0.25) is 9.59 Å². The number of piperidine rings is 1. The van der Waals surface area contributed by atoms with Crippen molar-refractivity contribution >= 4 is 41.7 Å². The second kappa shape index (κ2) is 8.84. The Morgan fingerprint density at radius 1 is 1.15 bits per heavy atom. The smallest absolute Gasteiger partial charge is 0.228 e. The fraction of sp³-hybridized carbons (Fsp3) is 0.600. The number of thioether (sulfide) groups is 1. The zero-order valence-electron chi connectivity index (χ0n) is 15.5. The van der Waals surface area contributed by atoms with Crippen molar-refractivity contribution in [3.8, 4) is 0 Å². The van der Waals surface area contributed by atoms with Crippen molar-refractivity contribution in [1.29, 1.82) is 0 Å². The van der Waals surface area contributed by atoms with E-state index in [-0.39, 0.29) is 35.6 Å². The minimum atomic E-state index is 0. The summed E-state index contributed by atoms with van der Waals surface area (Å²) >= 11 is 1.91. The summed E-state index contributed by atoms with van der Waals surface area (Å²) in [6.45, 7) is 3.77. The Morgan fingerprint density at radius 3 is 2.48 bits per heavy atom. The number of hydrogen-bond donors (Lipinski definition) is 2. The highest BCUT2D eigenvalue weighted by Crippen LogP contribution is 2.58. The van der Waals surface area contributed by atoms with Gasteiger partial charge in [0.15, 0.2) is 0 Å². The Labute approximate surface area is 171 Å². The maximum atomic E-state index is 12.5. The molecular weight excluding hydrogens is 382 g/mol. The predicted octanol–water partition coefficient (Wildman–Crippen LogP) is 2.55. The summed E-state index contributed by atoms with van der Waals surface area (Å²) in [5.74, 6) is 2.60. The minimum Gasteiger partial charge on any atom is -0.341 e. The average molecular weight is 410 g/mol. The fourth-order valence-electron chi connectivity index (χ4n) is 4.23. The molecule has 1 saturated carbocycles. The summed E-state index contributed by atoms with van der Waals surface area (Å²) in [6, 6.07) is 7.76. The molecule has 1 aromatic rings. The molecule has 2 N–H and O–H groups in total. The first-order chi connectivity index (χ1) is 12.7. The van der Waals surface area contributed by atoms with Gasteiger partial charge in [-0.2, -0.15) is 11.8 Å². The first-order valence-electron chi connectivity index (χ1n) is 9.62. The number of nitrogens with one attached hydrogen (secondary N) is 2. The van der Waals surface area contributed by atoms with Crippen molar-refractivity contribution in [2.24, 2.45) is 11.3 Å². The zero-order valence-corrected chi connectivity index (χ0v) is 17.2. The van der Waals surface area contributed by atoms with Crippen LogP contribution in [0.3, 0.4) is 0 Å². The molecule has 3 fully saturated rings. The van der Waals surface area contributed by atoms with E-state index in [1.165, 1.54) is 0 Å². The van der Waals surface area contributed by atoms with Crippen molar-refractivity contribution in [1.82, 2.24) is 10.2 Å². The van der Waals surface area contributed by atoms with E-state index < -0.39 is 0 Å². The molecule has 1 unspecified atom stereocenters. The van der Waals surface area contributed by atoms with Crippen LogP contribution >= 0.6 is 24.2 Å². The number of amides is 2. The highest BCUT2D eigenvalue weighted by atomic mass is 35.5. The van der Waals surface area contributed by atoms with Gasteiger partial charge in [-0.05, 0) is 55.5 Å². The number of carbonyl (C=O) groups is 2. The van der Waals surface area contributed by atoms with E-state index in [1.807, 2.05) is 40.9 Å². The van der Waals surface area contributed by atoms with Crippen molar-refractivity contribution in [3.63, 3.8) is 0 Å². The highest BCUT2D eigenvalue weighted by Gasteiger charge is 2.57. The second-order valence-corrected chi connectivity index (χ2v) is 8.95. The Kier molecular flexibility index (Phi) is 6.71. The quantitative estimate of drug-likeness (QED) is 0.802. The summed E-state index contributed by atoms with van der Waals surface area (Å²) in [5, 5.41) is 6.43. The lowest BCUT2D eigenvalue weighted by atomic mass is 9.92. The molecule has 5 nitrogen and oxygen atoms in total. The molecule has 0 bridgehead atoms. The molecule has 2 aliphatic heterocycles. The number of hydrogen-bond acceptors (Lipinski definition) is 4. The molecule has 1 atom stereocenters. The van der Waals surface area contributed by atoms with Crippen LogP contribution in [-0.4, -0.2) is 54.4 Å².